The van der Waals surface area contributed by atoms with Crippen LogP contribution in [0.25, 0.3) is 0 Å². The maximum atomic E-state index is 11.2. The lowest BCUT2D eigenvalue weighted by atomic mass is 9.96. The summed E-state index contributed by atoms with van der Waals surface area (Å²) in [6.07, 6.45) is 3.50. The number of carbonyl (C=O) groups is 1. The van der Waals surface area contributed by atoms with Gasteiger partial charge in [0.25, 0.3) is 0 Å². The van der Waals surface area contributed by atoms with E-state index >= 15 is 0 Å². The van der Waals surface area contributed by atoms with E-state index in [1.165, 1.54) is 0 Å². The van der Waals surface area contributed by atoms with E-state index in [0.717, 1.165) is 39.1 Å². The number of rotatable bonds is 9. The summed E-state index contributed by atoms with van der Waals surface area (Å²) in [6, 6.07) is 0. The Hall–Kier alpha value is -0.650. The molecule has 5 nitrogen and oxygen atoms in total. The fraction of sp³-hybridized carbons (Fsp3) is 0.929. The molecule has 0 aromatic heterocycles. The van der Waals surface area contributed by atoms with Crippen molar-refractivity contribution in [3.8, 4) is 0 Å². The molecule has 0 aromatic carbocycles. The Morgan fingerprint density at radius 1 is 1.47 bits per heavy atom. The van der Waals surface area contributed by atoms with Gasteiger partial charge in [-0.15, -0.1) is 0 Å². The van der Waals surface area contributed by atoms with Crippen LogP contribution in [0.1, 0.15) is 39.5 Å². The van der Waals surface area contributed by atoms with Crippen molar-refractivity contribution < 1.29 is 19.4 Å². The molecule has 19 heavy (non-hydrogen) atoms. The Morgan fingerprint density at radius 2 is 2.16 bits per heavy atom. The molecule has 0 radical (unpaired) electrons. The minimum absolute atomic E-state index is 0.587. The highest BCUT2D eigenvalue weighted by Crippen LogP contribution is 2.16. The van der Waals surface area contributed by atoms with Crippen molar-refractivity contribution in [1.82, 2.24) is 5.32 Å². The van der Waals surface area contributed by atoms with Gasteiger partial charge in [0, 0.05) is 26.4 Å². The van der Waals surface area contributed by atoms with Crippen molar-refractivity contribution >= 4 is 5.97 Å². The number of carboxylic acids is 1. The van der Waals surface area contributed by atoms with E-state index in [-0.39, 0.29) is 0 Å². The summed E-state index contributed by atoms with van der Waals surface area (Å²) in [4.78, 5) is 11.2. The lowest BCUT2D eigenvalue weighted by molar-refractivity contribution is -0.144. The minimum atomic E-state index is -0.837. The van der Waals surface area contributed by atoms with Crippen LogP contribution in [0.2, 0.25) is 0 Å². The Bertz CT molecular complexity index is 266. The van der Waals surface area contributed by atoms with E-state index in [0.29, 0.717) is 25.5 Å². The first-order valence-corrected chi connectivity index (χ1v) is 7.22. The monoisotopic (exact) mass is 273 g/mol. The van der Waals surface area contributed by atoms with E-state index in [9.17, 15) is 9.90 Å². The van der Waals surface area contributed by atoms with Crippen LogP contribution in [0.15, 0.2) is 0 Å². The first kappa shape index (κ1) is 16.4. The summed E-state index contributed by atoms with van der Waals surface area (Å²) < 4.78 is 10.9. The highest BCUT2D eigenvalue weighted by Gasteiger charge is 2.31. The van der Waals surface area contributed by atoms with Gasteiger partial charge >= 0.3 is 5.97 Å². The molecule has 0 bridgehead atoms. The van der Waals surface area contributed by atoms with Gasteiger partial charge in [0.15, 0.2) is 0 Å². The van der Waals surface area contributed by atoms with Gasteiger partial charge in [0.2, 0.25) is 0 Å². The second kappa shape index (κ2) is 8.51. The molecule has 0 saturated carbocycles. The highest BCUT2D eigenvalue weighted by molar-refractivity contribution is 5.78. The molecule has 0 aromatic rings. The van der Waals surface area contributed by atoms with E-state index < -0.39 is 11.5 Å². The second-order valence-corrected chi connectivity index (χ2v) is 5.40. The predicted molar refractivity (Wildman–Crippen MR) is 73.3 cm³/mol. The van der Waals surface area contributed by atoms with Crippen LogP contribution in [-0.2, 0) is 14.3 Å². The lowest BCUT2D eigenvalue weighted by Crippen LogP contribution is -2.49. The molecule has 1 aliphatic rings. The first-order valence-electron chi connectivity index (χ1n) is 7.22. The number of aliphatic carboxylic acids is 1. The standard InChI is InChI=1S/C14H27NO4/c1-3-15-14(2,13(16)17)7-4-8-19-11-12-5-9-18-10-6-12/h12,15H,3-11H2,1-2H3,(H,16,17). The molecular weight excluding hydrogens is 246 g/mol. The number of likely N-dealkylation sites (N-methyl/N-ethyl adjacent to an activating group) is 1. The summed E-state index contributed by atoms with van der Waals surface area (Å²) in [6.45, 7) is 7.39. The van der Waals surface area contributed by atoms with Crippen LogP contribution in [-0.4, -0.2) is 49.6 Å². The summed E-state index contributed by atoms with van der Waals surface area (Å²) in [7, 11) is 0. The van der Waals surface area contributed by atoms with Gasteiger partial charge in [0.05, 0.1) is 0 Å². The zero-order valence-corrected chi connectivity index (χ0v) is 12.1. The van der Waals surface area contributed by atoms with Gasteiger partial charge in [-0.05, 0) is 45.1 Å². The Balaban J connectivity index is 2.12. The summed E-state index contributed by atoms with van der Waals surface area (Å²) in [5.74, 6) is -0.188. The third-order valence-electron chi connectivity index (χ3n) is 3.70. The molecule has 1 rings (SSSR count). The SMILES string of the molecule is CCNC(C)(CCCOCC1CCOCC1)C(=O)O. The van der Waals surface area contributed by atoms with Crippen molar-refractivity contribution in [3.63, 3.8) is 0 Å². The average Bonchev–Trinajstić information content (AvgIpc) is 2.39. The van der Waals surface area contributed by atoms with Gasteiger partial charge in [-0.2, -0.15) is 0 Å². The topological polar surface area (TPSA) is 67.8 Å². The molecule has 1 saturated heterocycles. The largest absolute Gasteiger partial charge is 0.480 e. The summed E-state index contributed by atoms with van der Waals surface area (Å²) in [5.41, 5.74) is -0.837. The first-order chi connectivity index (χ1) is 9.08. The third kappa shape index (κ3) is 5.89. The van der Waals surface area contributed by atoms with Crippen molar-refractivity contribution in [2.75, 3.05) is 33.0 Å². The molecule has 1 fully saturated rings. The van der Waals surface area contributed by atoms with Crippen LogP contribution in [0.3, 0.4) is 0 Å². The van der Waals surface area contributed by atoms with Crippen LogP contribution in [0, 0.1) is 5.92 Å². The maximum Gasteiger partial charge on any atom is 0.323 e. The normalized spacial score (nSPS) is 20.1. The minimum Gasteiger partial charge on any atom is -0.480 e. The van der Waals surface area contributed by atoms with Crippen LogP contribution in [0.4, 0.5) is 0 Å². The maximum absolute atomic E-state index is 11.2. The number of hydrogen-bond donors (Lipinski definition) is 2. The summed E-state index contributed by atoms with van der Waals surface area (Å²) in [5, 5.41) is 12.2. The zero-order chi connectivity index (χ0) is 14.1. The molecule has 112 valence electrons. The molecule has 2 N–H and O–H groups in total. The molecular formula is C14H27NO4. The molecule has 0 aliphatic carbocycles. The molecule has 1 aliphatic heterocycles. The Morgan fingerprint density at radius 3 is 2.74 bits per heavy atom. The molecule has 1 heterocycles. The van der Waals surface area contributed by atoms with Gasteiger partial charge < -0.3 is 19.9 Å². The van der Waals surface area contributed by atoms with Gasteiger partial charge in [-0.3, -0.25) is 4.79 Å². The Kier molecular flexibility index (Phi) is 7.34. The highest BCUT2D eigenvalue weighted by atomic mass is 16.5. The fourth-order valence-electron chi connectivity index (χ4n) is 2.35. The molecule has 5 heteroatoms. The molecule has 0 amide bonds. The van der Waals surface area contributed by atoms with Crippen LogP contribution < -0.4 is 5.32 Å². The molecule has 1 atom stereocenters. The Labute approximate surface area is 115 Å². The zero-order valence-electron chi connectivity index (χ0n) is 12.1. The number of carboxylic acid groups (broad SMARTS) is 1. The van der Waals surface area contributed by atoms with Crippen LogP contribution >= 0.6 is 0 Å². The molecule has 0 spiro atoms. The van der Waals surface area contributed by atoms with E-state index in [2.05, 4.69) is 5.32 Å². The predicted octanol–water partition coefficient (Wildman–Crippen LogP) is 1.66. The number of hydrogen-bond acceptors (Lipinski definition) is 4. The molecule has 1 unspecified atom stereocenters. The number of ether oxygens (including phenoxy) is 2. The van der Waals surface area contributed by atoms with E-state index in [4.69, 9.17) is 9.47 Å². The lowest BCUT2D eigenvalue weighted by Gasteiger charge is -2.26. The van der Waals surface area contributed by atoms with Gasteiger partial charge in [-0.1, -0.05) is 6.92 Å². The van der Waals surface area contributed by atoms with Crippen molar-refractivity contribution in [3.05, 3.63) is 0 Å². The third-order valence-corrected chi connectivity index (χ3v) is 3.70. The van der Waals surface area contributed by atoms with Crippen molar-refractivity contribution in [2.45, 2.75) is 45.1 Å². The van der Waals surface area contributed by atoms with Crippen LogP contribution in [0.5, 0.6) is 0 Å². The average molecular weight is 273 g/mol. The van der Waals surface area contributed by atoms with E-state index in [1.807, 2.05) is 6.92 Å². The van der Waals surface area contributed by atoms with Crippen molar-refractivity contribution in [2.24, 2.45) is 5.92 Å². The van der Waals surface area contributed by atoms with E-state index in [1.54, 1.807) is 6.92 Å². The smallest absolute Gasteiger partial charge is 0.323 e. The fourth-order valence-corrected chi connectivity index (χ4v) is 2.35. The quantitative estimate of drug-likeness (QED) is 0.625. The number of nitrogens with one attached hydrogen (secondary N) is 1. The summed E-state index contributed by atoms with van der Waals surface area (Å²) >= 11 is 0. The van der Waals surface area contributed by atoms with Gasteiger partial charge in [-0.25, -0.2) is 0 Å². The second-order valence-electron chi connectivity index (χ2n) is 5.40. The van der Waals surface area contributed by atoms with Crippen molar-refractivity contribution in [1.29, 1.82) is 0 Å². The van der Waals surface area contributed by atoms with Gasteiger partial charge in [0.1, 0.15) is 5.54 Å².